The summed E-state index contributed by atoms with van der Waals surface area (Å²) in [4.78, 5) is 11.5. The van der Waals surface area contributed by atoms with Crippen molar-refractivity contribution < 1.29 is 17.6 Å². The molecule has 9 heteroatoms. The lowest BCUT2D eigenvalue weighted by atomic mass is 10.3. The van der Waals surface area contributed by atoms with Crippen molar-refractivity contribution in [1.29, 1.82) is 0 Å². The Kier molecular flexibility index (Phi) is 4.90. The second-order valence-electron chi connectivity index (χ2n) is 4.17. The third-order valence-corrected chi connectivity index (χ3v) is 4.36. The van der Waals surface area contributed by atoms with E-state index in [0.29, 0.717) is 5.69 Å². The van der Waals surface area contributed by atoms with Gasteiger partial charge in [0.1, 0.15) is 10.7 Å². The molecule has 2 aromatic rings. The van der Waals surface area contributed by atoms with Gasteiger partial charge in [-0.05, 0) is 42.5 Å². The van der Waals surface area contributed by atoms with Gasteiger partial charge in [-0.15, -0.1) is 0 Å². The van der Waals surface area contributed by atoms with Gasteiger partial charge in [-0.25, -0.2) is 17.6 Å². The zero-order chi connectivity index (χ0) is 16.3. The Morgan fingerprint density at radius 1 is 1.00 bits per heavy atom. The fraction of sp³-hybridized carbons (Fsp3) is 0. The maximum absolute atomic E-state index is 12.7. The van der Waals surface area contributed by atoms with E-state index >= 15 is 0 Å². The number of carbonyl (C=O) groups excluding carboxylic acids is 1. The monoisotopic (exact) mass is 362 g/mol. The summed E-state index contributed by atoms with van der Waals surface area (Å²) in [5, 5.41) is 4.82. The van der Waals surface area contributed by atoms with Gasteiger partial charge >= 0.3 is 6.03 Å². The summed E-state index contributed by atoms with van der Waals surface area (Å²) in [7, 11) is 1.24. The largest absolute Gasteiger partial charge is 0.323 e. The first-order chi connectivity index (χ1) is 10.3. The Labute approximate surface area is 135 Å². The van der Waals surface area contributed by atoms with Crippen LogP contribution in [0.4, 0.5) is 20.6 Å². The molecule has 0 fully saturated rings. The minimum atomic E-state index is -3.95. The summed E-state index contributed by atoms with van der Waals surface area (Å²) in [6.45, 7) is 0. The van der Waals surface area contributed by atoms with Crippen LogP contribution in [-0.4, -0.2) is 14.4 Å². The number of halogens is 3. The van der Waals surface area contributed by atoms with Gasteiger partial charge in [-0.2, -0.15) is 0 Å². The molecule has 0 unspecified atom stereocenters. The third kappa shape index (κ3) is 4.33. The molecule has 5 nitrogen and oxygen atoms in total. The standard InChI is InChI=1S/C13H9Cl2FN2O3S/c14-11-7-10(5-6-12(11)22(15,20)21)18-13(19)17-9-3-1-8(16)2-4-9/h1-7H,(H2,17,18,19). The molecule has 116 valence electrons. The van der Waals surface area contributed by atoms with Crippen molar-refractivity contribution in [3.05, 3.63) is 53.3 Å². The van der Waals surface area contributed by atoms with Crippen LogP contribution < -0.4 is 10.6 Å². The van der Waals surface area contributed by atoms with Crippen molar-refractivity contribution in [1.82, 2.24) is 0 Å². The number of amides is 2. The molecule has 0 saturated carbocycles. The Hall–Kier alpha value is -1.83. The second-order valence-corrected chi connectivity index (χ2v) is 7.11. The molecule has 0 aliphatic heterocycles. The zero-order valence-corrected chi connectivity index (χ0v) is 13.1. The number of nitrogens with one attached hydrogen (secondary N) is 2. The third-order valence-electron chi connectivity index (χ3n) is 2.55. The Morgan fingerprint density at radius 3 is 2.09 bits per heavy atom. The Balaban J connectivity index is 2.09. The van der Waals surface area contributed by atoms with E-state index in [1.165, 1.54) is 42.5 Å². The molecule has 0 aromatic heterocycles. The van der Waals surface area contributed by atoms with Crippen LogP contribution in [0.25, 0.3) is 0 Å². The van der Waals surface area contributed by atoms with Gasteiger partial charge in [-0.3, -0.25) is 0 Å². The first-order valence-corrected chi connectivity index (χ1v) is 8.52. The number of hydrogen-bond acceptors (Lipinski definition) is 3. The fourth-order valence-electron chi connectivity index (χ4n) is 1.60. The van der Waals surface area contributed by atoms with Gasteiger partial charge in [0.05, 0.1) is 5.02 Å². The smallest absolute Gasteiger partial charge is 0.308 e. The van der Waals surface area contributed by atoms with Crippen LogP contribution in [0.15, 0.2) is 47.4 Å². The molecule has 2 rings (SSSR count). The highest BCUT2D eigenvalue weighted by Gasteiger charge is 2.15. The number of benzene rings is 2. The molecule has 0 saturated heterocycles. The second kappa shape index (κ2) is 6.51. The minimum Gasteiger partial charge on any atom is -0.308 e. The minimum absolute atomic E-state index is 0.116. The highest BCUT2D eigenvalue weighted by Crippen LogP contribution is 2.27. The predicted molar refractivity (Wildman–Crippen MR) is 83.5 cm³/mol. The van der Waals surface area contributed by atoms with Crippen LogP contribution >= 0.6 is 22.3 Å². The average Bonchev–Trinajstić information content (AvgIpc) is 2.40. The lowest BCUT2D eigenvalue weighted by Gasteiger charge is -2.09. The van der Waals surface area contributed by atoms with E-state index in [9.17, 15) is 17.6 Å². The molecule has 0 radical (unpaired) electrons. The predicted octanol–water partition coefficient (Wildman–Crippen LogP) is 4.05. The van der Waals surface area contributed by atoms with E-state index in [1.807, 2.05) is 0 Å². The normalized spacial score (nSPS) is 11.0. The quantitative estimate of drug-likeness (QED) is 0.808. The molecular weight excluding hydrogens is 354 g/mol. The van der Waals surface area contributed by atoms with E-state index in [0.717, 1.165) is 0 Å². The number of urea groups is 1. The summed E-state index contributed by atoms with van der Waals surface area (Å²) in [6, 6.07) is 8.36. The number of carbonyl (C=O) groups is 1. The van der Waals surface area contributed by atoms with Gasteiger partial charge in [0.2, 0.25) is 0 Å². The summed E-state index contributed by atoms with van der Waals surface area (Å²) in [6.07, 6.45) is 0. The molecule has 2 aromatic carbocycles. The van der Waals surface area contributed by atoms with Crippen molar-refractivity contribution in [2.24, 2.45) is 0 Å². The van der Waals surface area contributed by atoms with Gasteiger partial charge in [0.15, 0.2) is 0 Å². The zero-order valence-electron chi connectivity index (χ0n) is 10.8. The van der Waals surface area contributed by atoms with Crippen molar-refractivity contribution in [3.8, 4) is 0 Å². The first-order valence-electron chi connectivity index (χ1n) is 5.83. The number of hydrogen-bond donors (Lipinski definition) is 2. The van der Waals surface area contributed by atoms with Crippen molar-refractivity contribution in [3.63, 3.8) is 0 Å². The van der Waals surface area contributed by atoms with Gasteiger partial charge in [0, 0.05) is 22.1 Å². The maximum Gasteiger partial charge on any atom is 0.323 e. The highest BCUT2D eigenvalue weighted by molar-refractivity contribution is 8.13. The van der Waals surface area contributed by atoms with E-state index in [2.05, 4.69) is 10.6 Å². The van der Waals surface area contributed by atoms with Gasteiger partial charge < -0.3 is 10.6 Å². The average molecular weight is 363 g/mol. The highest BCUT2D eigenvalue weighted by atomic mass is 35.7. The molecule has 2 N–H and O–H groups in total. The lowest BCUT2D eigenvalue weighted by Crippen LogP contribution is -2.19. The van der Waals surface area contributed by atoms with E-state index in [4.69, 9.17) is 22.3 Å². The van der Waals surface area contributed by atoms with Crippen molar-refractivity contribution >= 4 is 48.7 Å². The van der Waals surface area contributed by atoms with Crippen LogP contribution in [0.2, 0.25) is 5.02 Å². The molecule has 0 spiro atoms. The van der Waals surface area contributed by atoms with Gasteiger partial charge in [-0.1, -0.05) is 11.6 Å². The number of anilines is 2. The summed E-state index contributed by atoms with van der Waals surface area (Å²) in [5.41, 5.74) is 0.665. The van der Waals surface area contributed by atoms with Gasteiger partial charge in [0.25, 0.3) is 9.05 Å². The molecule has 2 amide bonds. The van der Waals surface area contributed by atoms with Crippen LogP contribution in [0.3, 0.4) is 0 Å². The number of rotatable bonds is 3. The summed E-state index contributed by atoms with van der Waals surface area (Å²) in [5.74, 6) is -0.421. The van der Waals surface area contributed by atoms with E-state index in [1.54, 1.807) is 0 Å². The van der Waals surface area contributed by atoms with Crippen LogP contribution in [0.1, 0.15) is 0 Å². The lowest BCUT2D eigenvalue weighted by molar-refractivity contribution is 0.262. The maximum atomic E-state index is 12.7. The van der Waals surface area contributed by atoms with Crippen molar-refractivity contribution in [2.75, 3.05) is 10.6 Å². The molecule has 22 heavy (non-hydrogen) atoms. The molecule has 0 aliphatic rings. The topological polar surface area (TPSA) is 75.3 Å². The van der Waals surface area contributed by atoms with Crippen LogP contribution in [0.5, 0.6) is 0 Å². The Morgan fingerprint density at radius 2 is 1.55 bits per heavy atom. The molecular formula is C13H9Cl2FN2O3S. The fourth-order valence-corrected chi connectivity index (χ4v) is 3.13. The summed E-state index contributed by atoms with van der Waals surface area (Å²) < 4.78 is 35.2. The molecule has 0 bridgehead atoms. The Bertz CT molecular complexity index is 811. The molecule has 0 atom stereocenters. The SMILES string of the molecule is O=C(Nc1ccc(F)cc1)Nc1ccc(S(=O)(=O)Cl)c(Cl)c1. The summed E-state index contributed by atoms with van der Waals surface area (Å²) >= 11 is 5.80. The first kappa shape index (κ1) is 16.5. The van der Waals surface area contributed by atoms with Crippen molar-refractivity contribution in [2.45, 2.75) is 4.90 Å². The van der Waals surface area contributed by atoms with Crippen LogP contribution in [0, 0.1) is 5.82 Å². The van der Waals surface area contributed by atoms with E-state index in [-0.39, 0.29) is 15.6 Å². The van der Waals surface area contributed by atoms with E-state index < -0.39 is 20.9 Å². The molecule has 0 aliphatic carbocycles. The van der Waals surface area contributed by atoms with Crippen LogP contribution in [-0.2, 0) is 9.05 Å². The molecule has 0 heterocycles.